The van der Waals surface area contributed by atoms with Crippen LogP contribution in [-0.2, 0) is 0 Å². The van der Waals surface area contributed by atoms with Crippen LogP contribution in [0.1, 0.15) is 43.0 Å². The molecule has 1 heterocycles. The number of nitrogens with one attached hydrogen (secondary N) is 1. The van der Waals surface area contributed by atoms with Crippen molar-refractivity contribution in [1.82, 2.24) is 10.3 Å². The molecule has 0 atom stereocenters. The monoisotopic (exact) mass is 326 g/mol. The van der Waals surface area contributed by atoms with E-state index in [1.54, 1.807) is 12.3 Å². The van der Waals surface area contributed by atoms with Crippen LogP contribution in [-0.4, -0.2) is 28.1 Å². The van der Waals surface area contributed by atoms with E-state index in [1.165, 1.54) is 6.20 Å². The first-order chi connectivity index (χ1) is 9.04. The van der Waals surface area contributed by atoms with Gasteiger partial charge in [-0.2, -0.15) is 0 Å². The molecule has 1 aliphatic carbocycles. The van der Waals surface area contributed by atoms with Gasteiger partial charge in [0, 0.05) is 16.9 Å². The molecule has 0 unspecified atom stereocenters. The fourth-order valence-corrected chi connectivity index (χ4v) is 2.85. The summed E-state index contributed by atoms with van der Waals surface area (Å²) in [5, 5.41) is 12.6. The average molecular weight is 327 g/mol. The van der Waals surface area contributed by atoms with E-state index in [-0.39, 0.29) is 12.5 Å². The molecule has 1 aromatic rings. The number of carbonyl (C=O) groups is 1. The minimum Gasteiger partial charge on any atom is -0.394 e. The number of halogens is 1. The number of rotatable bonds is 3. The first-order valence-corrected chi connectivity index (χ1v) is 7.38. The lowest BCUT2D eigenvalue weighted by molar-refractivity contribution is 0.0716. The van der Waals surface area contributed by atoms with Crippen LogP contribution in [0.5, 0.6) is 0 Å². The van der Waals surface area contributed by atoms with Crippen molar-refractivity contribution < 1.29 is 9.90 Å². The second-order valence-electron chi connectivity index (χ2n) is 5.47. The van der Waals surface area contributed by atoms with Crippen LogP contribution in [0.2, 0.25) is 0 Å². The highest BCUT2D eigenvalue weighted by Gasteiger charge is 2.35. The van der Waals surface area contributed by atoms with Crippen LogP contribution >= 0.6 is 15.9 Å². The highest BCUT2D eigenvalue weighted by molar-refractivity contribution is 9.10. The molecule has 1 amide bonds. The maximum absolute atomic E-state index is 12.2. The number of aliphatic hydroxyl groups excluding tert-OH is 1. The maximum atomic E-state index is 12.2. The Labute approximate surface area is 121 Å². The number of amides is 1. The van der Waals surface area contributed by atoms with E-state index in [2.05, 4.69) is 33.2 Å². The minimum atomic E-state index is -0.466. The number of pyridine rings is 1. The third kappa shape index (κ3) is 3.54. The van der Waals surface area contributed by atoms with Gasteiger partial charge in [0.05, 0.1) is 17.7 Å². The molecule has 1 aromatic heterocycles. The quantitative estimate of drug-likeness (QED) is 0.897. The third-order valence-electron chi connectivity index (χ3n) is 3.88. The molecular formula is C14H19BrN2O2. The Bertz CT molecular complexity index is 457. The Balaban J connectivity index is 2.08. The van der Waals surface area contributed by atoms with Crippen molar-refractivity contribution in [3.63, 3.8) is 0 Å². The van der Waals surface area contributed by atoms with Crippen molar-refractivity contribution in [2.24, 2.45) is 5.92 Å². The summed E-state index contributed by atoms with van der Waals surface area (Å²) in [7, 11) is 0. The van der Waals surface area contributed by atoms with Gasteiger partial charge in [-0.15, -0.1) is 0 Å². The molecule has 0 bridgehead atoms. The lowest BCUT2D eigenvalue weighted by atomic mass is 9.77. The number of aliphatic hydroxyl groups is 1. The molecule has 2 N–H and O–H groups in total. The van der Waals surface area contributed by atoms with Gasteiger partial charge in [0.15, 0.2) is 0 Å². The van der Waals surface area contributed by atoms with E-state index in [4.69, 9.17) is 0 Å². The largest absolute Gasteiger partial charge is 0.394 e. The van der Waals surface area contributed by atoms with Crippen LogP contribution in [0.25, 0.3) is 0 Å². The van der Waals surface area contributed by atoms with Gasteiger partial charge in [-0.25, -0.2) is 0 Å². The number of hydrogen-bond acceptors (Lipinski definition) is 3. The fraction of sp³-hybridized carbons (Fsp3) is 0.571. The predicted molar refractivity (Wildman–Crippen MR) is 76.9 cm³/mol. The minimum absolute atomic E-state index is 0.00705. The molecule has 0 aliphatic heterocycles. The van der Waals surface area contributed by atoms with Crippen molar-refractivity contribution in [3.05, 3.63) is 28.5 Å². The number of aromatic nitrogens is 1. The van der Waals surface area contributed by atoms with Crippen LogP contribution < -0.4 is 5.32 Å². The van der Waals surface area contributed by atoms with Gasteiger partial charge in [0.25, 0.3) is 5.91 Å². The van der Waals surface area contributed by atoms with Gasteiger partial charge >= 0.3 is 0 Å². The molecule has 0 spiro atoms. The topological polar surface area (TPSA) is 62.2 Å². The van der Waals surface area contributed by atoms with Gasteiger partial charge < -0.3 is 10.4 Å². The van der Waals surface area contributed by atoms with E-state index >= 15 is 0 Å². The molecule has 1 saturated carbocycles. The molecular weight excluding hydrogens is 308 g/mol. The Kier molecular flexibility index (Phi) is 4.58. The summed E-state index contributed by atoms with van der Waals surface area (Å²) >= 11 is 3.30. The molecule has 5 heteroatoms. The van der Waals surface area contributed by atoms with Gasteiger partial charge in [0.1, 0.15) is 0 Å². The standard InChI is InChI=1S/C14H19BrN2O2/c1-10-2-4-14(9-18,5-3-10)17-13(19)11-6-12(15)8-16-7-11/h6-8,10,18H,2-5,9H2,1H3,(H,17,19). The zero-order valence-electron chi connectivity index (χ0n) is 11.0. The van der Waals surface area contributed by atoms with Gasteiger partial charge in [-0.05, 0) is 53.6 Å². The predicted octanol–water partition coefficient (Wildman–Crippen LogP) is 2.52. The number of carbonyl (C=O) groups excluding carboxylic acids is 1. The lowest BCUT2D eigenvalue weighted by Crippen LogP contribution is -2.53. The third-order valence-corrected chi connectivity index (χ3v) is 4.31. The zero-order valence-corrected chi connectivity index (χ0v) is 12.6. The Hall–Kier alpha value is -0.940. The van der Waals surface area contributed by atoms with Crippen molar-refractivity contribution in [2.45, 2.75) is 38.1 Å². The summed E-state index contributed by atoms with van der Waals surface area (Å²) in [6.07, 6.45) is 6.92. The van der Waals surface area contributed by atoms with E-state index in [0.29, 0.717) is 11.5 Å². The number of nitrogens with zero attached hydrogens (tertiary/aromatic N) is 1. The molecule has 0 saturated heterocycles. The summed E-state index contributed by atoms with van der Waals surface area (Å²) in [5.41, 5.74) is 0.0483. The van der Waals surface area contributed by atoms with Crippen molar-refractivity contribution in [1.29, 1.82) is 0 Å². The summed E-state index contributed by atoms with van der Waals surface area (Å²) in [4.78, 5) is 16.2. The second kappa shape index (κ2) is 6.01. The Morgan fingerprint density at radius 2 is 2.21 bits per heavy atom. The highest BCUT2D eigenvalue weighted by atomic mass is 79.9. The smallest absolute Gasteiger partial charge is 0.253 e. The van der Waals surface area contributed by atoms with Crippen LogP contribution in [0, 0.1) is 5.92 Å². The average Bonchev–Trinajstić information content (AvgIpc) is 2.42. The summed E-state index contributed by atoms with van der Waals surface area (Å²) in [6, 6.07) is 1.73. The molecule has 1 fully saturated rings. The Morgan fingerprint density at radius 1 is 1.53 bits per heavy atom. The van der Waals surface area contributed by atoms with E-state index < -0.39 is 5.54 Å². The highest BCUT2D eigenvalue weighted by Crippen LogP contribution is 2.31. The molecule has 104 valence electrons. The van der Waals surface area contributed by atoms with Crippen LogP contribution in [0.15, 0.2) is 22.9 Å². The van der Waals surface area contributed by atoms with E-state index in [1.807, 2.05) is 0 Å². The molecule has 19 heavy (non-hydrogen) atoms. The van der Waals surface area contributed by atoms with Crippen molar-refractivity contribution in [2.75, 3.05) is 6.61 Å². The summed E-state index contributed by atoms with van der Waals surface area (Å²) in [5.74, 6) is 0.501. The zero-order chi connectivity index (χ0) is 13.9. The Morgan fingerprint density at radius 3 is 2.79 bits per heavy atom. The van der Waals surface area contributed by atoms with Gasteiger partial charge in [-0.3, -0.25) is 9.78 Å². The number of hydrogen-bond donors (Lipinski definition) is 2. The first kappa shape index (κ1) is 14.5. The first-order valence-electron chi connectivity index (χ1n) is 6.58. The van der Waals surface area contributed by atoms with Gasteiger partial charge in [0.2, 0.25) is 0 Å². The summed E-state index contributed by atoms with van der Waals surface area (Å²) in [6.45, 7) is 2.20. The fourth-order valence-electron chi connectivity index (χ4n) is 2.49. The molecule has 4 nitrogen and oxygen atoms in total. The van der Waals surface area contributed by atoms with E-state index in [0.717, 1.165) is 30.2 Å². The molecule has 0 aromatic carbocycles. The lowest BCUT2D eigenvalue weighted by Gasteiger charge is -2.38. The van der Waals surface area contributed by atoms with Gasteiger partial charge in [-0.1, -0.05) is 6.92 Å². The SMILES string of the molecule is CC1CCC(CO)(NC(=O)c2cncc(Br)c2)CC1. The van der Waals surface area contributed by atoms with Crippen molar-refractivity contribution in [3.8, 4) is 0 Å². The van der Waals surface area contributed by atoms with Crippen LogP contribution in [0.4, 0.5) is 0 Å². The molecule has 2 rings (SSSR count). The maximum Gasteiger partial charge on any atom is 0.253 e. The normalized spacial score (nSPS) is 27.0. The summed E-state index contributed by atoms with van der Waals surface area (Å²) < 4.78 is 0.774. The van der Waals surface area contributed by atoms with Crippen molar-refractivity contribution >= 4 is 21.8 Å². The molecule has 1 aliphatic rings. The van der Waals surface area contributed by atoms with Crippen LogP contribution in [0.3, 0.4) is 0 Å². The molecule has 0 radical (unpaired) electrons. The van der Waals surface area contributed by atoms with E-state index in [9.17, 15) is 9.90 Å². The second-order valence-corrected chi connectivity index (χ2v) is 6.38.